The topological polar surface area (TPSA) is 42.1 Å². The van der Waals surface area contributed by atoms with Crippen LogP contribution in [0.2, 0.25) is 0 Å². The zero-order valence-corrected chi connectivity index (χ0v) is 12.9. The SMILES string of the molecule is CN(C[C@@H](N)Cc1ccccc1)c1ccc2scnc2c1. The predicted molar refractivity (Wildman–Crippen MR) is 91.0 cm³/mol. The van der Waals surface area contributed by atoms with Crippen LogP contribution in [0.1, 0.15) is 5.56 Å². The van der Waals surface area contributed by atoms with Crippen LogP contribution in [0.25, 0.3) is 10.2 Å². The lowest BCUT2D eigenvalue weighted by molar-refractivity contribution is 0.656. The number of anilines is 1. The molecule has 2 aromatic carbocycles. The van der Waals surface area contributed by atoms with Crippen LogP contribution in [0, 0.1) is 0 Å². The summed E-state index contributed by atoms with van der Waals surface area (Å²) in [5, 5.41) is 0. The van der Waals surface area contributed by atoms with Crippen molar-refractivity contribution in [3.8, 4) is 0 Å². The maximum atomic E-state index is 6.28. The lowest BCUT2D eigenvalue weighted by Crippen LogP contribution is -2.36. The van der Waals surface area contributed by atoms with Gasteiger partial charge in [0.05, 0.1) is 15.7 Å². The van der Waals surface area contributed by atoms with E-state index < -0.39 is 0 Å². The van der Waals surface area contributed by atoms with Gasteiger partial charge in [0.2, 0.25) is 0 Å². The van der Waals surface area contributed by atoms with Gasteiger partial charge in [0.15, 0.2) is 0 Å². The first-order chi connectivity index (χ1) is 10.2. The first-order valence-corrected chi connectivity index (χ1v) is 7.94. The summed E-state index contributed by atoms with van der Waals surface area (Å²) < 4.78 is 1.22. The van der Waals surface area contributed by atoms with Gasteiger partial charge in [-0.25, -0.2) is 4.98 Å². The highest BCUT2D eigenvalue weighted by atomic mass is 32.1. The number of fused-ring (bicyclic) bond motifs is 1. The summed E-state index contributed by atoms with van der Waals surface area (Å²) >= 11 is 1.67. The largest absolute Gasteiger partial charge is 0.373 e. The number of hydrogen-bond donors (Lipinski definition) is 1. The molecule has 3 rings (SSSR count). The second-order valence-corrected chi connectivity index (χ2v) is 6.22. The molecule has 0 amide bonds. The zero-order chi connectivity index (χ0) is 14.7. The molecule has 108 valence electrons. The molecular weight excluding hydrogens is 278 g/mol. The summed E-state index contributed by atoms with van der Waals surface area (Å²) in [5.41, 5.74) is 11.7. The minimum atomic E-state index is 0.114. The number of likely N-dealkylation sites (N-methyl/N-ethyl adjacent to an activating group) is 1. The van der Waals surface area contributed by atoms with E-state index in [0.717, 1.165) is 24.2 Å². The Bertz CT molecular complexity index is 708. The molecule has 0 unspecified atom stereocenters. The van der Waals surface area contributed by atoms with Crippen molar-refractivity contribution in [2.24, 2.45) is 5.73 Å². The number of rotatable bonds is 5. The molecule has 0 bridgehead atoms. The molecule has 0 aliphatic heterocycles. The third kappa shape index (κ3) is 3.40. The Balaban J connectivity index is 1.66. The number of aromatic nitrogens is 1. The summed E-state index contributed by atoms with van der Waals surface area (Å²) in [4.78, 5) is 6.57. The third-order valence-electron chi connectivity index (χ3n) is 3.60. The van der Waals surface area contributed by atoms with Gasteiger partial charge in [0.25, 0.3) is 0 Å². The molecule has 0 fully saturated rings. The molecule has 1 aromatic heterocycles. The third-order valence-corrected chi connectivity index (χ3v) is 4.41. The summed E-state index contributed by atoms with van der Waals surface area (Å²) in [6, 6.07) is 16.9. The van der Waals surface area contributed by atoms with Gasteiger partial charge in [-0.15, -0.1) is 11.3 Å². The summed E-state index contributed by atoms with van der Waals surface area (Å²) in [6.07, 6.45) is 0.893. The van der Waals surface area contributed by atoms with Gasteiger partial charge in [-0.05, 0) is 30.2 Å². The molecule has 0 aliphatic carbocycles. The molecule has 1 heterocycles. The lowest BCUT2D eigenvalue weighted by Gasteiger charge is -2.23. The van der Waals surface area contributed by atoms with Gasteiger partial charge < -0.3 is 10.6 Å². The van der Waals surface area contributed by atoms with Crippen molar-refractivity contribution in [1.82, 2.24) is 4.98 Å². The van der Waals surface area contributed by atoms with Crippen LogP contribution in [0.15, 0.2) is 54.0 Å². The van der Waals surface area contributed by atoms with Gasteiger partial charge in [0.1, 0.15) is 0 Å². The Morgan fingerprint density at radius 1 is 1.19 bits per heavy atom. The van der Waals surface area contributed by atoms with Crippen LogP contribution in [-0.2, 0) is 6.42 Å². The summed E-state index contributed by atoms with van der Waals surface area (Å²) in [6.45, 7) is 0.824. The Kier molecular flexibility index (Phi) is 4.18. The fraction of sp³-hybridized carbons (Fsp3) is 0.235. The highest BCUT2D eigenvalue weighted by Gasteiger charge is 2.09. The monoisotopic (exact) mass is 297 g/mol. The van der Waals surface area contributed by atoms with Crippen molar-refractivity contribution >= 4 is 27.2 Å². The Labute approximate surface area is 129 Å². The maximum absolute atomic E-state index is 6.28. The van der Waals surface area contributed by atoms with Crippen molar-refractivity contribution in [3.63, 3.8) is 0 Å². The Morgan fingerprint density at radius 2 is 2.00 bits per heavy atom. The number of thiazole rings is 1. The van der Waals surface area contributed by atoms with Crippen LogP contribution in [-0.4, -0.2) is 24.6 Å². The Hall–Kier alpha value is -1.91. The van der Waals surface area contributed by atoms with E-state index in [1.165, 1.54) is 10.3 Å². The van der Waals surface area contributed by atoms with Gasteiger partial charge in [-0.1, -0.05) is 30.3 Å². The molecule has 2 N–H and O–H groups in total. The van der Waals surface area contributed by atoms with E-state index >= 15 is 0 Å². The number of nitrogens with zero attached hydrogens (tertiary/aromatic N) is 2. The fourth-order valence-corrected chi connectivity index (χ4v) is 3.18. The average Bonchev–Trinajstić information content (AvgIpc) is 2.95. The number of hydrogen-bond acceptors (Lipinski definition) is 4. The molecule has 0 spiro atoms. The average molecular weight is 297 g/mol. The summed E-state index contributed by atoms with van der Waals surface area (Å²) in [7, 11) is 2.08. The first kappa shape index (κ1) is 14.0. The number of nitrogens with two attached hydrogens (primary N) is 1. The van der Waals surface area contributed by atoms with Crippen molar-refractivity contribution in [3.05, 3.63) is 59.6 Å². The highest BCUT2D eigenvalue weighted by Crippen LogP contribution is 2.23. The molecule has 0 saturated heterocycles. The van der Waals surface area contributed by atoms with Crippen LogP contribution in [0.4, 0.5) is 5.69 Å². The quantitative estimate of drug-likeness (QED) is 0.785. The van der Waals surface area contributed by atoms with Crippen molar-refractivity contribution in [1.29, 1.82) is 0 Å². The van der Waals surface area contributed by atoms with E-state index in [1.54, 1.807) is 11.3 Å². The minimum absolute atomic E-state index is 0.114. The van der Waals surface area contributed by atoms with Crippen molar-refractivity contribution in [2.75, 3.05) is 18.5 Å². The maximum Gasteiger partial charge on any atom is 0.0832 e. The van der Waals surface area contributed by atoms with Crippen LogP contribution >= 0.6 is 11.3 Å². The normalized spacial score (nSPS) is 12.5. The predicted octanol–water partition coefficient (Wildman–Crippen LogP) is 3.30. The van der Waals surface area contributed by atoms with E-state index in [9.17, 15) is 0 Å². The standard InChI is InChI=1S/C17H19N3S/c1-20(11-14(18)9-13-5-3-2-4-6-13)15-7-8-17-16(10-15)19-12-21-17/h2-8,10,12,14H,9,11,18H2,1H3/t14-/m0/s1. The van der Waals surface area contributed by atoms with Crippen molar-refractivity contribution in [2.45, 2.75) is 12.5 Å². The molecule has 21 heavy (non-hydrogen) atoms. The molecule has 0 radical (unpaired) electrons. The first-order valence-electron chi connectivity index (χ1n) is 7.06. The van der Waals surface area contributed by atoms with E-state index in [-0.39, 0.29) is 6.04 Å². The van der Waals surface area contributed by atoms with Gasteiger partial charge >= 0.3 is 0 Å². The molecular formula is C17H19N3S. The number of benzene rings is 2. The molecule has 3 aromatic rings. The molecule has 0 aliphatic rings. The van der Waals surface area contributed by atoms with Gasteiger partial charge in [0, 0.05) is 25.3 Å². The van der Waals surface area contributed by atoms with Gasteiger partial charge in [-0.2, -0.15) is 0 Å². The van der Waals surface area contributed by atoms with Crippen molar-refractivity contribution < 1.29 is 0 Å². The van der Waals surface area contributed by atoms with Crippen LogP contribution in [0.3, 0.4) is 0 Å². The lowest BCUT2D eigenvalue weighted by atomic mass is 10.1. The smallest absolute Gasteiger partial charge is 0.0832 e. The van der Waals surface area contributed by atoms with E-state index in [1.807, 2.05) is 11.6 Å². The highest BCUT2D eigenvalue weighted by molar-refractivity contribution is 7.16. The van der Waals surface area contributed by atoms with E-state index in [4.69, 9.17) is 5.73 Å². The second-order valence-electron chi connectivity index (χ2n) is 5.33. The molecule has 1 atom stereocenters. The molecule has 4 heteroatoms. The van der Waals surface area contributed by atoms with E-state index in [0.29, 0.717) is 0 Å². The van der Waals surface area contributed by atoms with Gasteiger partial charge in [-0.3, -0.25) is 0 Å². The Morgan fingerprint density at radius 3 is 2.81 bits per heavy atom. The van der Waals surface area contributed by atoms with Crippen LogP contribution < -0.4 is 10.6 Å². The fourth-order valence-electron chi connectivity index (χ4n) is 2.52. The molecule has 3 nitrogen and oxygen atoms in total. The van der Waals surface area contributed by atoms with Crippen LogP contribution in [0.5, 0.6) is 0 Å². The zero-order valence-electron chi connectivity index (χ0n) is 12.1. The summed E-state index contributed by atoms with van der Waals surface area (Å²) in [5.74, 6) is 0. The molecule has 0 saturated carbocycles. The second kappa shape index (κ2) is 6.24. The minimum Gasteiger partial charge on any atom is -0.373 e. The van der Waals surface area contributed by atoms with E-state index in [2.05, 4.69) is 59.4 Å².